The van der Waals surface area contributed by atoms with E-state index in [4.69, 9.17) is 0 Å². The average molecular weight is 275 g/mol. The second-order valence-corrected chi connectivity index (χ2v) is 5.11. The number of aryl methyl sites for hydroxylation is 1. The van der Waals surface area contributed by atoms with Crippen molar-refractivity contribution in [1.82, 2.24) is 19.6 Å². The Morgan fingerprint density at radius 2 is 2.42 bits per heavy atom. The van der Waals surface area contributed by atoms with Gasteiger partial charge < -0.3 is 5.32 Å². The van der Waals surface area contributed by atoms with Crippen LogP contribution in [0.15, 0.2) is 28.6 Å². The van der Waals surface area contributed by atoms with Crippen LogP contribution in [0.1, 0.15) is 17.4 Å². The monoisotopic (exact) mass is 275 g/mol. The van der Waals surface area contributed by atoms with Crippen LogP contribution in [0.4, 0.5) is 5.82 Å². The molecule has 0 amide bonds. The first-order valence-corrected chi connectivity index (χ1v) is 6.88. The van der Waals surface area contributed by atoms with Gasteiger partial charge in [-0.1, -0.05) is 6.92 Å². The van der Waals surface area contributed by atoms with Crippen LogP contribution in [0.2, 0.25) is 0 Å². The number of rotatable bonds is 4. The van der Waals surface area contributed by atoms with Gasteiger partial charge in [0, 0.05) is 10.9 Å². The molecule has 0 radical (unpaired) electrons. The van der Waals surface area contributed by atoms with Gasteiger partial charge in [0.15, 0.2) is 5.65 Å². The number of nitrogens with one attached hydrogen (secondary N) is 2. The topological polar surface area (TPSA) is 75.1 Å². The Balaban J connectivity index is 1.80. The Bertz CT molecular complexity index is 757. The van der Waals surface area contributed by atoms with Crippen LogP contribution >= 0.6 is 11.3 Å². The van der Waals surface area contributed by atoms with Gasteiger partial charge in [-0.3, -0.25) is 0 Å². The van der Waals surface area contributed by atoms with Crippen LogP contribution in [-0.2, 0) is 13.0 Å². The minimum Gasteiger partial charge on any atom is -0.365 e. The van der Waals surface area contributed by atoms with Gasteiger partial charge in [-0.25, -0.2) is 19.3 Å². The minimum atomic E-state index is -0.277. The summed E-state index contributed by atoms with van der Waals surface area (Å²) in [4.78, 5) is 16.8. The summed E-state index contributed by atoms with van der Waals surface area (Å²) < 4.78 is 1.37. The van der Waals surface area contributed by atoms with Crippen molar-refractivity contribution in [3.8, 4) is 0 Å². The first kappa shape index (κ1) is 11.9. The number of thiophene rings is 1. The largest absolute Gasteiger partial charge is 0.365 e. The highest BCUT2D eigenvalue weighted by Crippen LogP contribution is 2.18. The van der Waals surface area contributed by atoms with Gasteiger partial charge in [0.25, 0.3) is 0 Å². The molecule has 0 spiro atoms. The Labute approximate surface area is 113 Å². The van der Waals surface area contributed by atoms with Gasteiger partial charge >= 0.3 is 5.69 Å². The van der Waals surface area contributed by atoms with Crippen LogP contribution < -0.4 is 11.0 Å². The number of hydrogen-bond donors (Lipinski definition) is 2. The third-order valence-corrected chi connectivity index (χ3v) is 3.92. The lowest BCUT2D eigenvalue weighted by molar-refractivity contribution is 0.990. The molecule has 0 atom stereocenters. The molecule has 98 valence electrons. The van der Waals surface area contributed by atoms with Gasteiger partial charge in [0.1, 0.15) is 12.1 Å². The predicted molar refractivity (Wildman–Crippen MR) is 74.6 cm³/mol. The molecule has 6 nitrogen and oxygen atoms in total. The van der Waals surface area contributed by atoms with Crippen molar-refractivity contribution in [2.75, 3.05) is 5.32 Å². The van der Waals surface area contributed by atoms with Crippen LogP contribution in [0.25, 0.3) is 5.65 Å². The summed E-state index contributed by atoms with van der Waals surface area (Å²) in [6, 6.07) is 3.89. The zero-order valence-corrected chi connectivity index (χ0v) is 11.2. The zero-order chi connectivity index (χ0) is 13.2. The lowest BCUT2D eigenvalue weighted by Crippen LogP contribution is -2.10. The van der Waals surface area contributed by atoms with Crippen molar-refractivity contribution in [3.63, 3.8) is 0 Å². The summed E-state index contributed by atoms with van der Waals surface area (Å²) in [6.45, 7) is 2.88. The number of H-pyrrole nitrogens is 1. The number of hydrogen-bond acceptors (Lipinski definition) is 5. The molecule has 0 aliphatic heterocycles. The van der Waals surface area contributed by atoms with Gasteiger partial charge in [0.05, 0.1) is 6.54 Å². The lowest BCUT2D eigenvalue weighted by atomic mass is 10.2. The Morgan fingerprint density at radius 3 is 3.26 bits per heavy atom. The first-order valence-electron chi connectivity index (χ1n) is 6.00. The maximum absolute atomic E-state index is 11.3. The van der Waals surface area contributed by atoms with Crippen LogP contribution in [-0.4, -0.2) is 19.6 Å². The quantitative estimate of drug-likeness (QED) is 0.759. The Kier molecular flexibility index (Phi) is 3.04. The first-order chi connectivity index (χ1) is 9.28. The molecule has 7 heteroatoms. The van der Waals surface area contributed by atoms with Crippen LogP contribution in [0.3, 0.4) is 0 Å². The third kappa shape index (κ3) is 2.24. The van der Waals surface area contributed by atoms with Crippen LogP contribution in [0.5, 0.6) is 0 Å². The van der Waals surface area contributed by atoms with E-state index in [2.05, 4.69) is 38.9 Å². The van der Waals surface area contributed by atoms with E-state index < -0.39 is 0 Å². The summed E-state index contributed by atoms with van der Waals surface area (Å²) in [5.74, 6) is 0.710. The molecule has 0 unspecified atom stereocenters. The van der Waals surface area contributed by atoms with E-state index in [1.165, 1.54) is 21.2 Å². The van der Waals surface area contributed by atoms with Gasteiger partial charge in [-0.15, -0.1) is 11.3 Å². The predicted octanol–water partition coefficient (Wildman–Crippen LogP) is 1.65. The second-order valence-electron chi connectivity index (χ2n) is 4.11. The summed E-state index contributed by atoms with van der Waals surface area (Å²) in [6.07, 6.45) is 2.50. The summed E-state index contributed by atoms with van der Waals surface area (Å²) in [7, 11) is 0. The third-order valence-electron chi connectivity index (χ3n) is 2.96. The fourth-order valence-electron chi connectivity index (χ4n) is 1.91. The molecule has 3 aromatic rings. The zero-order valence-electron chi connectivity index (χ0n) is 10.4. The van der Waals surface area contributed by atoms with E-state index in [0.717, 1.165) is 13.0 Å². The molecule has 3 aromatic heterocycles. The van der Waals surface area contributed by atoms with Crippen molar-refractivity contribution in [2.45, 2.75) is 19.9 Å². The van der Waals surface area contributed by atoms with E-state index in [9.17, 15) is 4.79 Å². The van der Waals surface area contributed by atoms with Gasteiger partial charge in [0.2, 0.25) is 0 Å². The van der Waals surface area contributed by atoms with Crippen LogP contribution in [0, 0.1) is 0 Å². The van der Waals surface area contributed by atoms with Gasteiger partial charge in [-0.05, 0) is 23.4 Å². The summed E-state index contributed by atoms with van der Waals surface area (Å²) in [5.41, 5.74) is 1.64. The number of aromatic amines is 1. The highest BCUT2D eigenvalue weighted by atomic mass is 32.1. The molecule has 3 rings (SSSR count). The van der Waals surface area contributed by atoms with Crippen molar-refractivity contribution in [3.05, 3.63) is 44.8 Å². The molecule has 2 N–H and O–H groups in total. The fourth-order valence-corrected chi connectivity index (χ4v) is 2.83. The molecule has 0 saturated carbocycles. The molecule has 0 aliphatic rings. The summed E-state index contributed by atoms with van der Waals surface area (Å²) >= 11 is 1.73. The second kappa shape index (κ2) is 4.85. The standard InChI is InChI=1S/C12H13N5OS/c1-2-8-3-4-19-9(8)6-13-10-5-11-15-16-12(18)17(11)7-14-10/h3-5,7,13H,2,6H2,1H3,(H,16,18). The highest BCUT2D eigenvalue weighted by Gasteiger charge is 2.05. The molecule has 0 bridgehead atoms. The molecular formula is C12H13N5OS. The SMILES string of the molecule is CCc1ccsc1CNc1cc2n[nH]c(=O)n2cn1. The van der Waals surface area contributed by atoms with E-state index in [-0.39, 0.29) is 5.69 Å². The number of aromatic nitrogens is 4. The molecule has 0 aliphatic carbocycles. The lowest BCUT2D eigenvalue weighted by Gasteiger charge is -2.05. The van der Waals surface area contributed by atoms with Crippen molar-refractivity contribution < 1.29 is 0 Å². The molecule has 19 heavy (non-hydrogen) atoms. The number of nitrogens with zero attached hydrogens (tertiary/aromatic N) is 3. The van der Waals surface area contributed by atoms with Crippen molar-refractivity contribution in [2.24, 2.45) is 0 Å². The molecule has 0 saturated heterocycles. The Morgan fingerprint density at radius 1 is 1.53 bits per heavy atom. The molecular weight excluding hydrogens is 262 g/mol. The van der Waals surface area contributed by atoms with E-state index >= 15 is 0 Å². The maximum Gasteiger partial charge on any atom is 0.348 e. The Hall–Kier alpha value is -2.15. The minimum absolute atomic E-state index is 0.277. The van der Waals surface area contributed by atoms with E-state index in [0.29, 0.717) is 11.5 Å². The highest BCUT2D eigenvalue weighted by molar-refractivity contribution is 7.10. The normalized spacial score (nSPS) is 11.0. The van der Waals surface area contributed by atoms with E-state index in [1.807, 2.05) is 0 Å². The molecule has 3 heterocycles. The van der Waals surface area contributed by atoms with Crippen molar-refractivity contribution in [1.29, 1.82) is 0 Å². The number of anilines is 1. The number of fused-ring (bicyclic) bond motifs is 1. The molecule has 0 aromatic carbocycles. The average Bonchev–Trinajstić information content (AvgIpc) is 3.03. The maximum atomic E-state index is 11.3. The van der Waals surface area contributed by atoms with E-state index in [1.54, 1.807) is 17.4 Å². The summed E-state index contributed by atoms with van der Waals surface area (Å²) in [5, 5.41) is 11.6. The van der Waals surface area contributed by atoms with Crippen molar-refractivity contribution >= 4 is 22.8 Å². The fraction of sp³-hybridized carbons (Fsp3) is 0.250. The van der Waals surface area contributed by atoms with Gasteiger partial charge in [-0.2, -0.15) is 5.10 Å². The molecule has 0 fully saturated rings. The smallest absolute Gasteiger partial charge is 0.348 e.